The molecule has 0 saturated carbocycles. The number of hydrogen-bond donors (Lipinski definition) is 2. The van der Waals surface area contributed by atoms with Crippen LogP contribution in [0.3, 0.4) is 0 Å². The van der Waals surface area contributed by atoms with Crippen molar-refractivity contribution in [1.82, 2.24) is 15.0 Å². The van der Waals surface area contributed by atoms with Gasteiger partial charge in [-0.3, -0.25) is 4.79 Å². The van der Waals surface area contributed by atoms with Crippen LogP contribution in [0, 0.1) is 5.92 Å². The number of nitrogen functional groups attached to an aromatic ring is 1. The quantitative estimate of drug-likeness (QED) is 0.767. The molecule has 0 bridgehead atoms. The number of nitrogens with two attached hydrogens (primary N) is 1. The number of ether oxygens (including phenoxy) is 1. The summed E-state index contributed by atoms with van der Waals surface area (Å²) in [5, 5.41) is 3.63. The molecule has 1 aliphatic rings. The van der Waals surface area contributed by atoms with E-state index in [1.54, 1.807) is 18.3 Å². The summed E-state index contributed by atoms with van der Waals surface area (Å²) in [4.78, 5) is 26.6. The molecule has 0 unspecified atom stereocenters. The minimum atomic E-state index is -0.126. The molecule has 0 radical (unpaired) electrons. The van der Waals surface area contributed by atoms with Gasteiger partial charge in [0.2, 0.25) is 0 Å². The Labute approximate surface area is 156 Å². The zero-order chi connectivity index (χ0) is 18.5. The maximum atomic E-state index is 11.9. The number of piperidine rings is 1. The molecule has 0 aromatic carbocycles. The number of rotatable bonds is 5. The van der Waals surface area contributed by atoms with Crippen LogP contribution in [0.15, 0.2) is 24.7 Å². The first kappa shape index (κ1) is 18.2. The van der Waals surface area contributed by atoms with E-state index in [2.05, 4.69) is 25.2 Å². The standard InChI is InChI=1S/C17H21ClN6O2/c1-2-26-17(25)11-5-7-24(8-6-11)16-14(19)15(21-10-22-16)23-13-4-3-12(18)9-20-13/h3-4,9-11H,2,5-8,19H2,1H3,(H,20,21,22,23). The normalized spacial score (nSPS) is 14.9. The van der Waals surface area contributed by atoms with Gasteiger partial charge in [-0.2, -0.15) is 0 Å². The number of pyridine rings is 1. The van der Waals surface area contributed by atoms with Crippen LogP contribution in [-0.4, -0.2) is 40.6 Å². The SMILES string of the molecule is CCOC(=O)C1CCN(c2ncnc(Nc3ccc(Cl)cn3)c2N)CC1. The Morgan fingerprint density at radius 2 is 2.12 bits per heavy atom. The first-order valence-corrected chi connectivity index (χ1v) is 8.87. The molecular weight excluding hydrogens is 356 g/mol. The molecule has 1 fully saturated rings. The van der Waals surface area contributed by atoms with E-state index in [0.717, 1.165) is 0 Å². The van der Waals surface area contributed by atoms with Crippen molar-refractivity contribution in [2.75, 3.05) is 35.6 Å². The Morgan fingerprint density at radius 1 is 1.35 bits per heavy atom. The fraction of sp³-hybridized carbons (Fsp3) is 0.412. The predicted molar refractivity (Wildman–Crippen MR) is 101 cm³/mol. The van der Waals surface area contributed by atoms with E-state index < -0.39 is 0 Å². The number of carbonyl (C=O) groups is 1. The molecule has 0 atom stereocenters. The van der Waals surface area contributed by atoms with E-state index in [-0.39, 0.29) is 11.9 Å². The maximum absolute atomic E-state index is 11.9. The van der Waals surface area contributed by atoms with Crippen molar-refractivity contribution in [2.45, 2.75) is 19.8 Å². The Morgan fingerprint density at radius 3 is 2.77 bits per heavy atom. The molecule has 3 heterocycles. The summed E-state index contributed by atoms with van der Waals surface area (Å²) in [5.74, 6) is 1.53. The van der Waals surface area contributed by atoms with Gasteiger partial charge in [0.15, 0.2) is 11.6 Å². The van der Waals surface area contributed by atoms with Crippen molar-refractivity contribution in [3.8, 4) is 0 Å². The summed E-state index contributed by atoms with van der Waals surface area (Å²) in [6, 6.07) is 3.48. The van der Waals surface area contributed by atoms with Crippen LogP contribution in [0.2, 0.25) is 5.02 Å². The third kappa shape index (κ3) is 4.13. The van der Waals surface area contributed by atoms with Crippen molar-refractivity contribution in [3.63, 3.8) is 0 Å². The first-order chi connectivity index (χ1) is 12.6. The van der Waals surface area contributed by atoms with E-state index >= 15 is 0 Å². The van der Waals surface area contributed by atoms with Crippen molar-refractivity contribution in [1.29, 1.82) is 0 Å². The molecule has 3 rings (SSSR count). The molecule has 138 valence electrons. The van der Waals surface area contributed by atoms with Gasteiger partial charge in [-0.15, -0.1) is 0 Å². The summed E-state index contributed by atoms with van der Waals surface area (Å²) < 4.78 is 5.11. The van der Waals surface area contributed by atoms with Gasteiger partial charge >= 0.3 is 5.97 Å². The van der Waals surface area contributed by atoms with Crippen LogP contribution in [0.1, 0.15) is 19.8 Å². The summed E-state index contributed by atoms with van der Waals surface area (Å²) in [5.41, 5.74) is 6.70. The summed E-state index contributed by atoms with van der Waals surface area (Å²) in [7, 11) is 0. The Balaban J connectivity index is 1.70. The second-order valence-electron chi connectivity index (χ2n) is 5.96. The number of nitrogens with zero attached hydrogens (tertiary/aromatic N) is 4. The number of esters is 1. The number of halogens is 1. The van der Waals surface area contributed by atoms with Crippen molar-refractivity contribution >= 4 is 40.7 Å². The Hall–Kier alpha value is -2.61. The van der Waals surface area contributed by atoms with Crippen LogP contribution in [0.4, 0.5) is 23.1 Å². The Bertz CT molecular complexity index is 762. The number of nitrogens with one attached hydrogen (secondary N) is 1. The zero-order valence-electron chi connectivity index (χ0n) is 14.5. The fourth-order valence-electron chi connectivity index (χ4n) is 2.90. The molecule has 0 amide bonds. The molecule has 3 N–H and O–H groups in total. The second-order valence-corrected chi connectivity index (χ2v) is 6.40. The molecule has 2 aromatic rings. The lowest BCUT2D eigenvalue weighted by molar-refractivity contribution is -0.148. The molecule has 1 aliphatic heterocycles. The molecule has 1 saturated heterocycles. The zero-order valence-corrected chi connectivity index (χ0v) is 15.2. The van der Waals surface area contributed by atoms with Gasteiger partial charge in [-0.1, -0.05) is 11.6 Å². The highest BCUT2D eigenvalue weighted by atomic mass is 35.5. The number of hydrogen-bond acceptors (Lipinski definition) is 8. The largest absolute Gasteiger partial charge is 0.466 e. The fourth-order valence-corrected chi connectivity index (χ4v) is 3.01. The van der Waals surface area contributed by atoms with Crippen molar-refractivity contribution in [2.24, 2.45) is 5.92 Å². The lowest BCUT2D eigenvalue weighted by Crippen LogP contribution is -2.37. The topological polar surface area (TPSA) is 106 Å². The van der Waals surface area contributed by atoms with Crippen molar-refractivity contribution < 1.29 is 9.53 Å². The van der Waals surface area contributed by atoms with Gasteiger partial charge in [0, 0.05) is 19.3 Å². The molecule has 26 heavy (non-hydrogen) atoms. The van der Waals surface area contributed by atoms with Gasteiger partial charge in [0.25, 0.3) is 0 Å². The monoisotopic (exact) mass is 376 g/mol. The van der Waals surface area contributed by atoms with Crippen molar-refractivity contribution in [3.05, 3.63) is 29.7 Å². The lowest BCUT2D eigenvalue weighted by atomic mass is 9.97. The number of anilines is 4. The molecule has 0 aliphatic carbocycles. The first-order valence-electron chi connectivity index (χ1n) is 8.49. The molecule has 9 heteroatoms. The van der Waals surface area contributed by atoms with Gasteiger partial charge in [0.1, 0.15) is 17.8 Å². The summed E-state index contributed by atoms with van der Waals surface area (Å²) in [6.07, 6.45) is 4.43. The summed E-state index contributed by atoms with van der Waals surface area (Å²) >= 11 is 5.85. The van der Waals surface area contributed by atoms with Gasteiger partial charge < -0.3 is 20.7 Å². The van der Waals surface area contributed by atoms with Crippen LogP contribution in [0.5, 0.6) is 0 Å². The van der Waals surface area contributed by atoms with E-state index in [4.69, 9.17) is 22.1 Å². The van der Waals surface area contributed by atoms with Crippen LogP contribution < -0.4 is 16.0 Å². The van der Waals surface area contributed by atoms with Crippen LogP contribution in [-0.2, 0) is 9.53 Å². The van der Waals surface area contributed by atoms with Crippen LogP contribution >= 0.6 is 11.6 Å². The third-order valence-corrected chi connectivity index (χ3v) is 4.47. The van der Waals surface area contributed by atoms with E-state index in [1.165, 1.54) is 6.33 Å². The highest BCUT2D eigenvalue weighted by Crippen LogP contribution is 2.31. The molecule has 8 nitrogen and oxygen atoms in total. The van der Waals surface area contributed by atoms with Crippen LogP contribution in [0.25, 0.3) is 0 Å². The third-order valence-electron chi connectivity index (χ3n) is 4.25. The second kappa shape index (κ2) is 8.18. The summed E-state index contributed by atoms with van der Waals surface area (Å²) in [6.45, 7) is 3.59. The average Bonchev–Trinajstić information content (AvgIpc) is 2.66. The van der Waals surface area contributed by atoms with E-state index in [1.807, 2.05) is 6.92 Å². The lowest BCUT2D eigenvalue weighted by Gasteiger charge is -2.32. The molecule has 0 spiro atoms. The highest BCUT2D eigenvalue weighted by Gasteiger charge is 2.27. The highest BCUT2D eigenvalue weighted by molar-refractivity contribution is 6.30. The minimum Gasteiger partial charge on any atom is -0.466 e. The maximum Gasteiger partial charge on any atom is 0.309 e. The predicted octanol–water partition coefficient (Wildman–Crippen LogP) is 2.63. The van der Waals surface area contributed by atoms with Gasteiger partial charge in [-0.25, -0.2) is 15.0 Å². The number of carbonyl (C=O) groups excluding carboxylic acids is 1. The van der Waals surface area contributed by atoms with Gasteiger partial charge in [0.05, 0.1) is 17.5 Å². The molecular formula is C17H21ClN6O2. The number of aromatic nitrogens is 3. The van der Waals surface area contributed by atoms with Gasteiger partial charge in [-0.05, 0) is 31.9 Å². The average molecular weight is 377 g/mol. The van der Waals surface area contributed by atoms with E-state index in [0.29, 0.717) is 60.7 Å². The van der Waals surface area contributed by atoms with E-state index in [9.17, 15) is 4.79 Å². The smallest absolute Gasteiger partial charge is 0.309 e. The minimum absolute atomic E-state index is 0.0647. The molecule has 2 aromatic heterocycles. The Kier molecular flexibility index (Phi) is 5.72.